The van der Waals surface area contributed by atoms with Crippen LogP contribution in [0.3, 0.4) is 0 Å². The maximum Gasteiger partial charge on any atom is 0.326 e. The van der Waals surface area contributed by atoms with Crippen LogP contribution in [0.1, 0.15) is 47.3 Å². The van der Waals surface area contributed by atoms with E-state index < -0.39 is 30.4 Å². The van der Waals surface area contributed by atoms with Gasteiger partial charge in [-0.15, -0.1) is 0 Å². The third-order valence-corrected chi connectivity index (χ3v) is 6.69. The third-order valence-electron chi connectivity index (χ3n) is 6.69. The molecule has 1 saturated heterocycles. The minimum Gasteiger partial charge on any atom is -0.480 e. The number of anilines is 1. The fourth-order valence-electron chi connectivity index (χ4n) is 4.93. The second-order valence-corrected chi connectivity index (χ2v) is 9.56. The number of hydrogen-bond acceptors (Lipinski definition) is 5. The van der Waals surface area contributed by atoms with E-state index in [-0.39, 0.29) is 25.3 Å². The van der Waals surface area contributed by atoms with Gasteiger partial charge in [0.2, 0.25) is 0 Å². The number of pyridine rings is 1. The van der Waals surface area contributed by atoms with Crippen LogP contribution in [-0.4, -0.2) is 65.0 Å². The van der Waals surface area contributed by atoms with Crippen molar-refractivity contribution in [1.29, 1.82) is 0 Å². The highest BCUT2D eigenvalue weighted by Crippen LogP contribution is 2.33. The molecule has 0 aliphatic carbocycles. The van der Waals surface area contributed by atoms with E-state index in [0.717, 1.165) is 30.9 Å². The predicted octanol–water partition coefficient (Wildman–Crippen LogP) is 3.60. The Bertz CT molecular complexity index is 1030. The molecular formula is C26H32F2N4O3. The maximum absolute atomic E-state index is 14.5. The number of piperidine rings is 1. The Hall–Kier alpha value is -3.07. The average Bonchev–Trinajstić information content (AvgIpc) is 2.84. The average molecular weight is 487 g/mol. The number of halogens is 2. The van der Waals surface area contributed by atoms with Crippen molar-refractivity contribution in [3.63, 3.8) is 0 Å². The minimum atomic E-state index is -2.83. The molecule has 1 amide bonds. The zero-order valence-corrected chi connectivity index (χ0v) is 19.7. The molecule has 3 N–H and O–H groups in total. The van der Waals surface area contributed by atoms with Gasteiger partial charge in [0, 0.05) is 37.3 Å². The molecule has 0 spiro atoms. The lowest BCUT2D eigenvalue weighted by atomic mass is 9.90. The summed E-state index contributed by atoms with van der Waals surface area (Å²) in [5.41, 5.74) is 2.45. The Labute approximate surface area is 203 Å². The zero-order valence-electron chi connectivity index (χ0n) is 19.7. The number of aliphatic carboxylic acids is 1. The number of rotatable bonds is 9. The van der Waals surface area contributed by atoms with Gasteiger partial charge in [0.05, 0.1) is 6.54 Å². The number of likely N-dealkylation sites (tertiary alicyclic amines) is 1. The van der Waals surface area contributed by atoms with E-state index in [1.807, 2.05) is 6.07 Å². The van der Waals surface area contributed by atoms with E-state index in [1.54, 1.807) is 35.2 Å². The quantitative estimate of drug-likeness (QED) is 0.502. The number of aromatic nitrogens is 1. The Balaban J connectivity index is 1.31. The first kappa shape index (κ1) is 25.0. The van der Waals surface area contributed by atoms with Gasteiger partial charge in [-0.05, 0) is 61.8 Å². The molecule has 3 heterocycles. The highest BCUT2D eigenvalue weighted by atomic mass is 19.3. The van der Waals surface area contributed by atoms with Crippen molar-refractivity contribution in [2.75, 3.05) is 31.5 Å². The van der Waals surface area contributed by atoms with Gasteiger partial charge in [0.25, 0.3) is 11.8 Å². The first-order valence-electron chi connectivity index (χ1n) is 12.2. The van der Waals surface area contributed by atoms with Gasteiger partial charge in [-0.1, -0.05) is 24.3 Å². The number of carboxylic acid groups (broad SMARTS) is 1. The van der Waals surface area contributed by atoms with Gasteiger partial charge in [0.15, 0.2) is 0 Å². The van der Waals surface area contributed by atoms with E-state index in [4.69, 9.17) is 0 Å². The fraction of sp³-hybridized carbons (Fsp3) is 0.500. The van der Waals surface area contributed by atoms with Gasteiger partial charge in [-0.3, -0.25) is 9.69 Å². The van der Waals surface area contributed by atoms with Gasteiger partial charge in [-0.2, -0.15) is 0 Å². The lowest BCUT2D eigenvalue weighted by Crippen LogP contribution is -2.49. The number of fused-ring (bicyclic) bond motifs is 1. The summed E-state index contributed by atoms with van der Waals surface area (Å²) in [6.45, 7) is 1.14. The molecule has 1 unspecified atom stereocenters. The smallest absolute Gasteiger partial charge is 0.326 e. The number of carboxylic acids is 1. The monoisotopic (exact) mass is 486 g/mol. The van der Waals surface area contributed by atoms with Crippen LogP contribution < -0.4 is 10.6 Å². The lowest BCUT2D eigenvalue weighted by molar-refractivity contribution is -0.139. The molecule has 7 nitrogen and oxygen atoms in total. The molecule has 1 aromatic heterocycles. The summed E-state index contributed by atoms with van der Waals surface area (Å²) in [6.07, 6.45) is 3.16. The van der Waals surface area contributed by atoms with Crippen LogP contribution in [0.15, 0.2) is 42.5 Å². The molecule has 1 aromatic carbocycles. The van der Waals surface area contributed by atoms with Crippen LogP contribution in [0.25, 0.3) is 0 Å². The summed E-state index contributed by atoms with van der Waals surface area (Å²) in [5, 5.41) is 15.4. The molecule has 2 aliphatic rings. The Morgan fingerprint density at radius 1 is 1.23 bits per heavy atom. The highest BCUT2D eigenvalue weighted by Gasteiger charge is 2.40. The standard InChI is InChI=1S/C26H32F2N4O3/c27-26(28)15-18(8-10-21-11-9-19-7-4-13-29-23(19)30-21)16-32(17-26)14-12-22(25(34)35)31-24(33)20-5-2-1-3-6-20/h1-3,5-6,9,11,18,22H,4,7-8,10,12-17H2,(H,29,30)(H,31,33)(H,34,35)/t18?,22-/m0/s1. The lowest BCUT2D eigenvalue weighted by Gasteiger charge is -2.38. The van der Waals surface area contributed by atoms with Crippen molar-refractivity contribution in [3.05, 3.63) is 59.3 Å². The van der Waals surface area contributed by atoms with Crippen LogP contribution in [0.5, 0.6) is 0 Å². The van der Waals surface area contributed by atoms with E-state index >= 15 is 0 Å². The molecule has 1 fully saturated rings. The zero-order chi connectivity index (χ0) is 24.8. The second kappa shape index (κ2) is 11.1. The topological polar surface area (TPSA) is 94.6 Å². The predicted molar refractivity (Wildman–Crippen MR) is 129 cm³/mol. The molecule has 0 saturated carbocycles. The molecule has 2 aliphatic heterocycles. The number of carbonyl (C=O) groups excluding carboxylic acids is 1. The number of carbonyl (C=O) groups is 2. The van der Waals surface area contributed by atoms with Crippen LogP contribution in [-0.2, 0) is 17.6 Å². The number of alkyl halides is 2. The van der Waals surface area contributed by atoms with Gasteiger partial charge < -0.3 is 15.7 Å². The molecule has 4 rings (SSSR count). The first-order valence-corrected chi connectivity index (χ1v) is 12.2. The summed E-state index contributed by atoms with van der Waals surface area (Å²) in [7, 11) is 0. The van der Waals surface area contributed by atoms with Gasteiger partial charge in [0.1, 0.15) is 11.9 Å². The van der Waals surface area contributed by atoms with Crippen LogP contribution in [0, 0.1) is 5.92 Å². The highest BCUT2D eigenvalue weighted by molar-refractivity contribution is 5.96. The summed E-state index contributed by atoms with van der Waals surface area (Å²) in [4.78, 5) is 30.3. The fourth-order valence-corrected chi connectivity index (χ4v) is 4.93. The Morgan fingerprint density at radius 3 is 2.80 bits per heavy atom. The number of nitrogens with one attached hydrogen (secondary N) is 2. The molecule has 2 aromatic rings. The number of amides is 1. The summed E-state index contributed by atoms with van der Waals surface area (Å²) < 4.78 is 29.0. The van der Waals surface area contributed by atoms with E-state index in [2.05, 4.69) is 21.7 Å². The Kier molecular flexibility index (Phi) is 7.95. The van der Waals surface area contributed by atoms with Crippen LogP contribution >= 0.6 is 0 Å². The van der Waals surface area contributed by atoms with Crippen molar-refractivity contribution in [3.8, 4) is 0 Å². The number of nitrogens with zero attached hydrogens (tertiary/aromatic N) is 2. The summed E-state index contributed by atoms with van der Waals surface area (Å²) in [6, 6.07) is 11.2. The van der Waals surface area contributed by atoms with E-state index in [1.165, 1.54) is 5.56 Å². The number of aryl methyl sites for hydroxylation is 2. The minimum absolute atomic E-state index is 0.0504. The van der Waals surface area contributed by atoms with Crippen molar-refractivity contribution in [2.45, 2.75) is 50.5 Å². The van der Waals surface area contributed by atoms with Crippen molar-refractivity contribution in [1.82, 2.24) is 15.2 Å². The van der Waals surface area contributed by atoms with Crippen LogP contribution in [0.4, 0.5) is 14.6 Å². The maximum atomic E-state index is 14.5. The second-order valence-electron chi connectivity index (χ2n) is 9.56. The molecule has 2 atom stereocenters. The van der Waals surface area contributed by atoms with Gasteiger partial charge in [-0.25, -0.2) is 18.6 Å². The molecule has 0 bridgehead atoms. The van der Waals surface area contributed by atoms with Gasteiger partial charge >= 0.3 is 5.97 Å². The SMILES string of the molecule is O=C(N[C@@H](CCN1CC(CCc2ccc3c(n2)NCCC3)CC(F)(F)C1)C(=O)O)c1ccccc1. The van der Waals surface area contributed by atoms with Crippen molar-refractivity contribution in [2.24, 2.45) is 5.92 Å². The molecular weight excluding hydrogens is 454 g/mol. The normalized spacial score (nSPS) is 20.3. The van der Waals surface area contributed by atoms with Crippen molar-refractivity contribution < 1.29 is 23.5 Å². The number of benzene rings is 1. The third kappa shape index (κ3) is 6.97. The molecule has 9 heteroatoms. The van der Waals surface area contributed by atoms with Crippen LogP contribution in [0.2, 0.25) is 0 Å². The molecule has 188 valence electrons. The number of hydrogen-bond donors (Lipinski definition) is 3. The largest absolute Gasteiger partial charge is 0.480 e. The van der Waals surface area contributed by atoms with Crippen molar-refractivity contribution >= 4 is 17.7 Å². The summed E-state index contributed by atoms with van der Waals surface area (Å²) >= 11 is 0. The first-order chi connectivity index (χ1) is 16.8. The molecule has 35 heavy (non-hydrogen) atoms. The van der Waals surface area contributed by atoms with E-state index in [0.29, 0.717) is 24.9 Å². The Morgan fingerprint density at radius 2 is 2.03 bits per heavy atom. The molecule has 0 radical (unpaired) electrons. The summed E-state index contributed by atoms with van der Waals surface area (Å²) in [5.74, 6) is -3.82. The van der Waals surface area contributed by atoms with E-state index in [9.17, 15) is 23.5 Å².